The molecule has 0 aliphatic rings. The van der Waals surface area contributed by atoms with E-state index in [0.29, 0.717) is 13.1 Å². The van der Waals surface area contributed by atoms with E-state index >= 15 is 0 Å². The molecule has 0 radical (unpaired) electrons. The highest BCUT2D eigenvalue weighted by molar-refractivity contribution is 9.10. The molecule has 2 aromatic carbocycles. The number of halogens is 2. The topological polar surface area (TPSA) is 29.3 Å². The van der Waals surface area contributed by atoms with E-state index in [9.17, 15) is 4.39 Å². The van der Waals surface area contributed by atoms with Gasteiger partial charge in [0.1, 0.15) is 5.82 Å². The number of rotatable bonds is 4. The van der Waals surface area contributed by atoms with Gasteiger partial charge in [-0.05, 0) is 41.5 Å². The minimum Gasteiger partial charge on any atom is -0.370 e. The monoisotopic (exact) mass is 322 g/mol. The largest absolute Gasteiger partial charge is 0.370 e. The predicted molar refractivity (Wildman–Crippen MR) is 80.5 cm³/mol. The Morgan fingerprint density at radius 2 is 1.95 bits per heavy atom. The van der Waals surface area contributed by atoms with Gasteiger partial charge in [0.05, 0.1) is 0 Å². The van der Waals surface area contributed by atoms with Crippen LogP contribution in [0.25, 0.3) is 0 Å². The zero-order valence-corrected chi connectivity index (χ0v) is 12.3. The van der Waals surface area contributed by atoms with Crippen molar-refractivity contribution in [2.45, 2.75) is 13.1 Å². The second-order valence-electron chi connectivity index (χ2n) is 4.51. The fourth-order valence-electron chi connectivity index (χ4n) is 1.97. The van der Waals surface area contributed by atoms with Crippen LogP contribution in [0.15, 0.2) is 46.9 Å². The Labute approximate surface area is 121 Å². The van der Waals surface area contributed by atoms with Crippen LogP contribution in [0.5, 0.6) is 0 Å². The minimum atomic E-state index is -0.251. The van der Waals surface area contributed by atoms with Crippen LogP contribution in [0.2, 0.25) is 0 Å². The van der Waals surface area contributed by atoms with Crippen LogP contribution in [0.4, 0.5) is 10.1 Å². The normalized spacial score (nSPS) is 10.5. The third kappa shape index (κ3) is 3.78. The van der Waals surface area contributed by atoms with Crippen LogP contribution in [-0.2, 0) is 13.1 Å². The van der Waals surface area contributed by atoms with Crippen LogP contribution in [-0.4, -0.2) is 7.05 Å². The van der Waals surface area contributed by atoms with Crippen LogP contribution < -0.4 is 10.6 Å². The van der Waals surface area contributed by atoms with E-state index < -0.39 is 0 Å². The summed E-state index contributed by atoms with van der Waals surface area (Å²) in [6.45, 7) is 1.06. The first-order chi connectivity index (χ1) is 9.08. The Morgan fingerprint density at radius 1 is 1.16 bits per heavy atom. The second-order valence-corrected chi connectivity index (χ2v) is 5.42. The molecule has 19 heavy (non-hydrogen) atoms. The molecule has 0 fully saturated rings. The molecule has 0 amide bonds. The summed E-state index contributed by atoms with van der Waals surface area (Å²) in [7, 11) is 1.94. The molecule has 0 saturated carbocycles. The molecule has 0 heterocycles. The van der Waals surface area contributed by atoms with E-state index in [4.69, 9.17) is 5.73 Å². The summed E-state index contributed by atoms with van der Waals surface area (Å²) in [4.78, 5) is 2.00. The minimum absolute atomic E-state index is 0.251. The lowest BCUT2D eigenvalue weighted by Crippen LogP contribution is -2.17. The first-order valence-electron chi connectivity index (χ1n) is 6.03. The molecular weight excluding hydrogens is 307 g/mol. The van der Waals surface area contributed by atoms with Gasteiger partial charge in [0.15, 0.2) is 0 Å². The van der Waals surface area contributed by atoms with E-state index in [1.807, 2.05) is 36.2 Å². The van der Waals surface area contributed by atoms with Crippen molar-refractivity contribution < 1.29 is 4.39 Å². The van der Waals surface area contributed by atoms with E-state index in [0.717, 1.165) is 21.3 Å². The summed E-state index contributed by atoms with van der Waals surface area (Å²) in [5.41, 5.74) is 8.37. The van der Waals surface area contributed by atoms with Crippen molar-refractivity contribution in [1.29, 1.82) is 0 Å². The van der Waals surface area contributed by atoms with Crippen LogP contribution in [0.3, 0.4) is 0 Å². The molecule has 0 unspecified atom stereocenters. The highest BCUT2D eigenvalue weighted by Crippen LogP contribution is 2.20. The number of hydrogen-bond donors (Lipinski definition) is 1. The molecule has 100 valence electrons. The number of nitrogens with zero attached hydrogens (tertiary/aromatic N) is 1. The van der Waals surface area contributed by atoms with Gasteiger partial charge in [0.25, 0.3) is 0 Å². The first kappa shape index (κ1) is 14.0. The summed E-state index contributed by atoms with van der Waals surface area (Å²) in [6, 6.07) is 13.0. The average molecular weight is 323 g/mol. The Kier molecular flexibility index (Phi) is 4.56. The highest BCUT2D eigenvalue weighted by atomic mass is 79.9. The van der Waals surface area contributed by atoms with Gasteiger partial charge in [-0.3, -0.25) is 0 Å². The van der Waals surface area contributed by atoms with E-state index in [1.54, 1.807) is 0 Å². The first-order valence-corrected chi connectivity index (χ1v) is 6.83. The summed E-state index contributed by atoms with van der Waals surface area (Å²) < 4.78 is 14.5. The van der Waals surface area contributed by atoms with E-state index in [2.05, 4.69) is 22.0 Å². The molecule has 2 N–H and O–H groups in total. The van der Waals surface area contributed by atoms with Gasteiger partial charge < -0.3 is 10.6 Å². The maximum absolute atomic E-state index is 13.5. The second kappa shape index (κ2) is 6.17. The lowest BCUT2D eigenvalue weighted by Gasteiger charge is -2.20. The van der Waals surface area contributed by atoms with Crippen LogP contribution in [0.1, 0.15) is 11.1 Å². The van der Waals surface area contributed by atoms with Crippen molar-refractivity contribution in [3.8, 4) is 0 Å². The SMILES string of the molecule is CN(Cc1cccc(Br)c1)c1cc(F)cc(CN)c1. The van der Waals surface area contributed by atoms with Gasteiger partial charge in [-0.25, -0.2) is 4.39 Å². The molecular formula is C15H16BrFN2. The maximum atomic E-state index is 13.5. The predicted octanol–water partition coefficient (Wildman–Crippen LogP) is 3.68. The molecule has 0 aliphatic carbocycles. The molecule has 0 spiro atoms. The molecule has 0 saturated heterocycles. The van der Waals surface area contributed by atoms with E-state index in [1.165, 1.54) is 12.1 Å². The molecule has 4 heteroatoms. The van der Waals surface area contributed by atoms with Gasteiger partial charge in [0, 0.05) is 30.3 Å². The van der Waals surface area contributed by atoms with Gasteiger partial charge in [-0.1, -0.05) is 28.1 Å². The third-order valence-electron chi connectivity index (χ3n) is 2.93. The number of nitrogens with two attached hydrogens (primary N) is 1. The lowest BCUT2D eigenvalue weighted by atomic mass is 10.1. The van der Waals surface area contributed by atoms with Crippen molar-refractivity contribution in [1.82, 2.24) is 0 Å². The van der Waals surface area contributed by atoms with Crippen molar-refractivity contribution >= 4 is 21.6 Å². The molecule has 2 aromatic rings. The maximum Gasteiger partial charge on any atom is 0.125 e. The highest BCUT2D eigenvalue weighted by Gasteiger charge is 2.06. The number of benzene rings is 2. The molecule has 0 bridgehead atoms. The lowest BCUT2D eigenvalue weighted by molar-refractivity contribution is 0.624. The fourth-order valence-corrected chi connectivity index (χ4v) is 2.42. The van der Waals surface area contributed by atoms with Crippen molar-refractivity contribution in [3.05, 3.63) is 63.9 Å². The number of anilines is 1. The zero-order chi connectivity index (χ0) is 13.8. The van der Waals surface area contributed by atoms with Gasteiger partial charge in [-0.15, -0.1) is 0 Å². The molecule has 0 aromatic heterocycles. The summed E-state index contributed by atoms with van der Waals surface area (Å²) in [6.07, 6.45) is 0. The van der Waals surface area contributed by atoms with Gasteiger partial charge >= 0.3 is 0 Å². The fraction of sp³-hybridized carbons (Fsp3) is 0.200. The van der Waals surface area contributed by atoms with Crippen LogP contribution >= 0.6 is 15.9 Å². The molecule has 0 aliphatic heterocycles. The Balaban J connectivity index is 2.20. The summed E-state index contributed by atoms with van der Waals surface area (Å²) >= 11 is 3.45. The van der Waals surface area contributed by atoms with Crippen molar-refractivity contribution in [2.24, 2.45) is 5.73 Å². The summed E-state index contributed by atoms with van der Waals surface area (Å²) in [5.74, 6) is -0.251. The Hall–Kier alpha value is -1.39. The molecule has 0 atom stereocenters. The van der Waals surface area contributed by atoms with Gasteiger partial charge in [-0.2, -0.15) is 0 Å². The number of hydrogen-bond acceptors (Lipinski definition) is 2. The summed E-state index contributed by atoms with van der Waals surface area (Å²) in [5, 5.41) is 0. The van der Waals surface area contributed by atoms with Crippen LogP contribution in [0, 0.1) is 5.82 Å². The smallest absolute Gasteiger partial charge is 0.125 e. The molecule has 2 nitrogen and oxygen atoms in total. The van der Waals surface area contributed by atoms with E-state index in [-0.39, 0.29) is 5.82 Å². The van der Waals surface area contributed by atoms with Gasteiger partial charge in [0.2, 0.25) is 0 Å². The standard InChI is InChI=1S/C15H16BrFN2/c1-19(10-11-3-2-4-13(16)5-11)15-7-12(9-18)6-14(17)8-15/h2-8H,9-10,18H2,1H3. The molecule has 2 rings (SSSR count). The van der Waals surface area contributed by atoms with Crippen molar-refractivity contribution in [2.75, 3.05) is 11.9 Å². The third-order valence-corrected chi connectivity index (χ3v) is 3.42. The van der Waals surface area contributed by atoms with Crippen molar-refractivity contribution in [3.63, 3.8) is 0 Å². The Bertz CT molecular complexity index is 572. The average Bonchev–Trinajstić information content (AvgIpc) is 2.38. The Morgan fingerprint density at radius 3 is 2.63 bits per heavy atom. The quantitative estimate of drug-likeness (QED) is 0.930. The zero-order valence-electron chi connectivity index (χ0n) is 10.7.